The van der Waals surface area contributed by atoms with Gasteiger partial charge in [-0.1, -0.05) is 30.3 Å². The first kappa shape index (κ1) is 15.0. The summed E-state index contributed by atoms with van der Waals surface area (Å²) in [6.45, 7) is -0.272. The Morgan fingerprint density at radius 1 is 1.33 bits per heavy atom. The van der Waals surface area contributed by atoms with E-state index < -0.39 is 6.10 Å². The normalized spacial score (nSPS) is 13.9. The Labute approximate surface area is 110 Å². The molecule has 100 valence electrons. The van der Waals surface area contributed by atoms with Crippen LogP contribution in [0.3, 0.4) is 0 Å². The van der Waals surface area contributed by atoms with Gasteiger partial charge in [0.1, 0.15) is 0 Å². The highest BCUT2D eigenvalue weighted by Crippen LogP contribution is 2.21. The maximum atomic E-state index is 11.7. The van der Waals surface area contributed by atoms with Gasteiger partial charge >= 0.3 is 0 Å². The van der Waals surface area contributed by atoms with Crippen LogP contribution in [0.4, 0.5) is 0 Å². The van der Waals surface area contributed by atoms with Gasteiger partial charge in [-0.2, -0.15) is 11.8 Å². The maximum Gasteiger partial charge on any atom is 0.242 e. The number of carbonyl (C=O) groups excluding carboxylic acids is 1. The fraction of sp³-hybridized carbons (Fsp3) is 0.417. The summed E-state index contributed by atoms with van der Waals surface area (Å²) < 4.78 is 0. The molecule has 1 aromatic carbocycles. The molecule has 0 aliphatic heterocycles. The summed E-state index contributed by atoms with van der Waals surface area (Å²) >= 11 is 1.41. The molecule has 0 saturated heterocycles. The first-order valence-electron chi connectivity index (χ1n) is 5.61. The van der Waals surface area contributed by atoms with Gasteiger partial charge in [-0.05, 0) is 5.56 Å². The lowest BCUT2D eigenvalue weighted by Gasteiger charge is -2.16. The van der Waals surface area contributed by atoms with Crippen LogP contribution in [-0.4, -0.2) is 40.3 Å². The molecule has 0 spiro atoms. The number of carbonyl (C=O) groups is 1. The van der Waals surface area contributed by atoms with E-state index in [4.69, 9.17) is 10.9 Å². The van der Waals surface area contributed by atoms with Crippen molar-refractivity contribution in [2.75, 3.05) is 18.1 Å². The van der Waals surface area contributed by atoms with E-state index in [1.165, 1.54) is 11.8 Å². The monoisotopic (exact) mass is 270 g/mol. The number of nitrogens with one attached hydrogen (secondary N) is 1. The second-order valence-corrected chi connectivity index (χ2v) is 4.92. The molecule has 0 fully saturated rings. The fourth-order valence-electron chi connectivity index (χ4n) is 1.48. The molecule has 0 aromatic heterocycles. The smallest absolute Gasteiger partial charge is 0.242 e. The minimum Gasteiger partial charge on any atom is -0.394 e. The van der Waals surface area contributed by atoms with Crippen LogP contribution in [0.5, 0.6) is 0 Å². The van der Waals surface area contributed by atoms with Gasteiger partial charge in [0.25, 0.3) is 0 Å². The summed E-state index contributed by atoms with van der Waals surface area (Å²) in [7, 11) is 0. The van der Waals surface area contributed by atoms with E-state index in [0.717, 1.165) is 5.56 Å². The Hall–Kier alpha value is -1.08. The maximum absolute atomic E-state index is 11.7. The predicted molar refractivity (Wildman–Crippen MR) is 71.9 cm³/mol. The SMILES string of the molecule is NNC(=O)C(CSCC(O)CO)c1ccccc1. The highest BCUT2D eigenvalue weighted by molar-refractivity contribution is 7.99. The topological polar surface area (TPSA) is 95.6 Å². The van der Waals surface area contributed by atoms with Crippen LogP contribution in [0.2, 0.25) is 0 Å². The molecule has 0 aliphatic rings. The van der Waals surface area contributed by atoms with Crippen molar-refractivity contribution >= 4 is 17.7 Å². The quantitative estimate of drug-likeness (QED) is 0.314. The summed E-state index contributed by atoms with van der Waals surface area (Å²) in [5, 5.41) is 18.0. The number of rotatable bonds is 7. The van der Waals surface area contributed by atoms with Gasteiger partial charge in [0.05, 0.1) is 18.6 Å². The number of amides is 1. The average molecular weight is 270 g/mol. The zero-order chi connectivity index (χ0) is 13.4. The Kier molecular flexibility index (Phi) is 6.74. The lowest BCUT2D eigenvalue weighted by molar-refractivity contribution is -0.122. The molecular weight excluding hydrogens is 252 g/mol. The number of benzene rings is 1. The summed E-state index contributed by atoms with van der Waals surface area (Å²) in [5.74, 6) is 5.45. The highest BCUT2D eigenvalue weighted by Gasteiger charge is 2.19. The molecule has 5 nitrogen and oxygen atoms in total. The lowest BCUT2D eigenvalue weighted by atomic mass is 10.0. The molecule has 5 N–H and O–H groups in total. The summed E-state index contributed by atoms with van der Waals surface area (Å²) in [4.78, 5) is 11.7. The molecular formula is C12H18N2O3S. The van der Waals surface area contributed by atoms with E-state index in [1.54, 1.807) is 0 Å². The minimum absolute atomic E-state index is 0.257. The largest absolute Gasteiger partial charge is 0.394 e. The van der Waals surface area contributed by atoms with E-state index >= 15 is 0 Å². The lowest BCUT2D eigenvalue weighted by Crippen LogP contribution is -2.36. The van der Waals surface area contributed by atoms with Gasteiger partial charge in [-0.15, -0.1) is 0 Å². The van der Waals surface area contributed by atoms with Crippen molar-refractivity contribution in [3.05, 3.63) is 35.9 Å². The van der Waals surface area contributed by atoms with Crippen LogP contribution in [-0.2, 0) is 4.79 Å². The number of hydrazine groups is 1. The molecule has 2 atom stereocenters. The van der Waals surface area contributed by atoms with Crippen molar-refractivity contribution in [3.8, 4) is 0 Å². The third-order valence-corrected chi connectivity index (χ3v) is 3.66. The van der Waals surface area contributed by atoms with Crippen molar-refractivity contribution in [1.82, 2.24) is 5.43 Å². The Bertz CT molecular complexity index is 362. The Balaban J connectivity index is 2.60. The van der Waals surface area contributed by atoms with Crippen molar-refractivity contribution in [2.45, 2.75) is 12.0 Å². The molecule has 1 amide bonds. The molecule has 0 bridgehead atoms. The van der Waals surface area contributed by atoms with Gasteiger partial charge < -0.3 is 10.2 Å². The molecule has 0 aliphatic carbocycles. The third-order valence-electron chi connectivity index (χ3n) is 2.47. The standard InChI is InChI=1S/C12H18N2O3S/c13-14-12(17)11(8-18-7-10(16)6-15)9-4-2-1-3-5-9/h1-5,10-11,15-16H,6-8,13H2,(H,14,17). The van der Waals surface area contributed by atoms with Crippen molar-refractivity contribution in [3.63, 3.8) is 0 Å². The number of thioether (sulfide) groups is 1. The summed E-state index contributed by atoms with van der Waals surface area (Å²) in [6, 6.07) is 9.33. The van der Waals surface area contributed by atoms with Gasteiger partial charge in [0.15, 0.2) is 0 Å². The number of nitrogens with two attached hydrogens (primary N) is 1. The highest BCUT2D eigenvalue weighted by atomic mass is 32.2. The number of hydrogen-bond donors (Lipinski definition) is 4. The van der Waals surface area contributed by atoms with Crippen LogP contribution in [0.1, 0.15) is 11.5 Å². The van der Waals surface area contributed by atoms with Crippen molar-refractivity contribution in [1.29, 1.82) is 0 Å². The fourth-order valence-corrected chi connectivity index (χ4v) is 2.58. The van der Waals surface area contributed by atoms with E-state index in [0.29, 0.717) is 11.5 Å². The van der Waals surface area contributed by atoms with Gasteiger partial charge in [0, 0.05) is 11.5 Å². The van der Waals surface area contributed by atoms with E-state index in [2.05, 4.69) is 5.43 Å². The third kappa shape index (κ3) is 4.66. The number of aliphatic hydroxyl groups is 2. The molecule has 0 saturated carbocycles. The second-order valence-electron chi connectivity index (χ2n) is 3.85. The molecule has 1 rings (SSSR count). The number of hydrogen-bond acceptors (Lipinski definition) is 5. The first-order chi connectivity index (χ1) is 8.69. The Morgan fingerprint density at radius 3 is 2.56 bits per heavy atom. The Morgan fingerprint density at radius 2 is 2.00 bits per heavy atom. The average Bonchev–Trinajstić information content (AvgIpc) is 2.43. The van der Waals surface area contributed by atoms with Crippen LogP contribution < -0.4 is 11.3 Å². The first-order valence-corrected chi connectivity index (χ1v) is 6.76. The van der Waals surface area contributed by atoms with Crippen LogP contribution in [0.15, 0.2) is 30.3 Å². The minimum atomic E-state index is -0.757. The molecule has 18 heavy (non-hydrogen) atoms. The number of aliphatic hydroxyl groups excluding tert-OH is 2. The molecule has 0 radical (unpaired) electrons. The van der Waals surface area contributed by atoms with Gasteiger partial charge in [0.2, 0.25) is 5.91 Å². The molecule has 2 unspecified atom stereocenters. The van der Waals surface area contributed by atoms with Crippen molar-refractivity contribution < 1.29 is 15.0 Å². The molecule has 0 heterocycles. The van der Waals surface area contributed by atoms with Crippen LogP contribution >= 0.6 is 11.8 Å². The molecule has 1 aromatic rings. The van der Waals surface area contributed by atoms with Crippen LogP contribution in [0.25, 0.3) is 0 Å². The summed E-state index contributed by atoms with van der Waals surface area (Å²) in [5.41, 5.74) is 3.03. The van der Waals surface area contributed by atoms with E-state index in [9.17, 15) is 9.90 Å². The van der Waals surface area contributed by atoms with Gasteiger partial charge in [-0.25, -0.2) is 5.84 Å². The van der Waals surface area contributed by atoms with E-state index in [1.807, 2.05) is 30.3 Å². The second kappa shape index (κ2) is 8.10. The zero-order valence-corrected chi connectivity index (χ0v) is 10.8. The van der Waals surface area contributed by atoms with E-state index in [-0.39, 0.29) is 18.4 Å². The molecule has 6 heteroatoms. The van der Waals surface area contributed by atoms with Crippen LogP contribution in [0, 0.1) is 0 Å². The summed E-state index contributed by atoms with van der Waals surface area (Å²) in [6.07, 6.45) is -0.757. The van der Waals surface area contributed by atoms with Crippen molar-refractivity contribution in [2.24, 2.45) is 5.84 Å². The zero-order valence-electron chi connectivity index (χ0n) is 9.95. The van der Waals surface area contributed by atoms with Gasteiger partial charge in [-0.3, -0.25) is 10.2 Å². The predicted octanol–water partition coefficient (Wildman–Crippen LogP) is -0.153.